The molecule has 1 rings (SSSR count). The third kappa shape index (κ3) is 10.5. The molecule has 162 valence electrons. The van der Waals surface area contributed by atoms with E-state index in [0.717, 1.165) is 17.7 Å². The first kappa shape index (κ1) is 25.2. The van der Waals surface area contributed by atoms with E-state index < -0.39 is 24.0 Å². The molecule has 1 heterocycles. The molecule has 0 radical (unpaired) electrons. The molecule has 2 atom stereocenters. The van der Waals surface area contributed by atoms with Gasteiger partial charge in [0.05, 0.1) is 11.5 Å². The highest BCUT2D eigenvalue weighted by molar-refractivity contribution is 7.12. The van der Waals surface area contributed by atoms with E-state index in [9.17, 15) is 14.7 Å². The Balaban J connectivity index is 2.47. The number of unbranched alkanes of at least 4 members (excludes halogenated alkanes) is 8. The van der Waals surface area contributed by atoms with E-state index in [1.165, 1.54) is 63.2 Å². The Morgan fingerprint density at radius 2 is 1.76 bits per heavy atom. The predicted octanol–water partition coefficient (Wildman–Crippen LogP) is 4.73. The number of carbonyl (C=O) groups excluding carboxylic acids is 2. The summed E-state index contributed by atoms with van der Waals surface area (Å²) in [4.78, 5) is 24.8. The van der Waals surface area contributed by atoms with E-state index in [0.29, 0.717) is 4.88 Å². The van der Waals surface area contributed by atoms with Crippen molar-refractivity contribution < 1.29 is 19.4 Å². The Labute approximate surface area is 179 Å². The van der Waals surface area contributed by atoms with Gasteiger partial charge >= 0.3 is 5.97 Å². The van der Waals surface area contributed by atoms with Crippen molar-refractivity contribution in [3.63, 3.8) is 0 Å². The average Bonchev–Trinajstić information content (AvgIpc) is 3.16. The predicted molar refractivity (Wildman–Crippen MR) is 118 cm³/mol. The van der Waals surface area contributed by atoms with Gasteiger partial charge in [-0.15, -0.1) is 11.3 Å². The molecule has 0 aliphatic rings. The molecule has 1 aromatic rings. The number of hydrogen-bond donors (Lipinski definition) is 2. The Bertz CT molecular complexity index is 674. The van der Waals surface area contributed by atoms with E-state index in [2.05, 4.69) is 24.1 Å². The third-order valence-corrected chi connectivity index (χ3v) is 5.57. The van der Waals surface area contributed by atoms with Crippen LogP contribution in [0.5, 0.6) is 0 Å². The number of nitrogens with one attached hydrogen (secondary N) is 1. The summed E-state index contributed by atoms with van der Waals surface area (Å²) in [5.74, 6) is 5.27. The van der Waals surface area contributed by atoms with Crippen LogP contribution in [-0.4, -0.2) is 29.6 Å². The number of rotatable bonds is 13. The molecule has 29 heavy (non-hydrogen) atoms. The summed E-state index contributed by atoms with van der Waals surface area (Å²) in [5.41, 5.74) is 0. The minimum absolute atomic E-state index is 0.182. The molecular formula is C23H35NO4S. The number of aliphatic hydroxyl groups excluding tert-OH is 1. The van der Waals surface area contributed by atoms with Crippen LogP contribution in [0.2, 0.25) is 0 Å². The molecule has 0 saturated heterocycles. The summed E-state index contributed by atoms with van der Waals surface area (Å²) < 4.78 is 4.96. The maximum Gasteiger partial charge on any atom is 0.331 e. The third-order valence-electron chi connectivity index (χ3n) is 4.50. The summed E-state index contributed by atoms with van der Waals surface area (Å²) in [6, 6.07) is 2.45. The van der Waals surface area contributed by atoms with Crippen molar-refractivity contribution in [3.05, 3.63) is 21.9 Å². The number of carbonyl (C=O) groups is 2. The van der Waals surface area contributed by atoms with Crippen LogP contribution in [0.4, 0.5) is 0 Å². The zero-order valence-electron chi connectivity index (χ0n) is 18.0. The number of thiophene rings is 1. The lowest BCUT2D eigenvalue weighted by molar-refractivity contribution is -0.150. The van der Waals surface area contributed by atoms with Crippen molar-refractivity contribution in [1.82, 2.24) is 5.32 Å². The van der Waals surface area contributed by atoms with Gasteiger partial charge in [-0.25, -0.2) is 4.79 Å². The molecule has 0 fully saturated rings. The lowest BCUT2D eigenvalue weighted by Gasteiger charge is -2.20. The fraction of sp³-hybridized carbons (Fsp3) is 0.652. The molecule has 0 aliphatic heterocycles. The SMILES string of the molecule is CCCCCCCCCCC#Cc1ccc(C(O)C(NC(C)=O)C(=O)OCC)s1. The molecule has 6 heteroatoms. The zero-order valence-corrected chi connectivity index (χ0v) is 18.8. The quantitative estimate of drug-likeness (QED) is 0.274. The number of esters is 1. The highest BCUT2D eigenvalue weighted by Crippen LogP contribution is 2.26. The van der Waals surface area contributed by atoms with Crippen LogP contribution in [0, 0.1) is 11.8 Å². The van der Waals surface area contributed by atoms with Crippen LogP contribution in [0.15, 0.2) is 12.1 Å². The van der Waals surface area contributed by atoms with Crippen LogP contribution in [-0.2, 0) is 14.3 Å². The van der Waals surface area contributed by atoms with Gasteiger partial charge in [-0.05, 0) is 25.5 Å². The van der Waals surface area contributed by atoms with Crippen LogP contribution < -0.4 is 5.32 Å². The lowest BCUT2D eigenvalue weighted by atomic mass is 10.1. The van der Waals surface area contributed by atoms with Crippen molar-refractivity contribution in [2.45, 2.75) is 90.7 Å². The number of amides is 1. The summed E-state index contributed by atoms with van der Waals surface area (Å²) >= 11 is 1.33. The second-order valence-electron chi connectivity index (χ2n) is 7.10. The van der Waals surface area contributed by atoms with Gasteiger partial charge in [0.1, 0.15) is 6.10 Å². The van der Waals surface area contributed by atoms with E-state index in [1.54, 1.807) is 13.0 Å². The zero-order chi connectivity index (χ0) is 21.5. The molecule has 0 spiro atoms. The number of hydrogen-bond acceptors (Lipinski definition) is 5. The fourth-order valence-electron chi connectivity index (χ4n) is 2.96. The van der Waals surface area contributed by atoms with Crippen molar-refractivity contribution in [2.24, 2.45) is 0 Å². The van der Waals surface area contributed by atoms with Gasteiger partial charge in [0.15, 0.2) is 6.04 Å². The standard InChI is InChI=1S/C23H35NO4S/c1-4-6-7-8-9-10-11-12-13-14-15-19-16-17-20(29-19)22(26)21(24-18(3)25)23(27)28-5-2/h16-17,21-22,26H,4-13H2,1-3H3,(H,24,25). The van der Waals surface area contributed by atoms with E-state index in [1.807, 2.05) is 6.07 Å². The topological polar surface area (TPSA) is 75.6 Å². The maximum atomic E-state index is 12.1. The van der Waals surface area contributed by atoms with Crippen LogP contribution in [0.25, 0.3) is 0 Å². The van der Waals surface area contributed by atoms with Crippen LogP contribution in [0.1, 0.15) is 94.4 Å². The van der Waals surface area contributed by atoms with Gasteiger partial charge in [-0.1, -0.05) is 63.7 Å². The summed E-state index contributed by atoms with van der Waals surface area (Å²) in [5, 5.41) is 13.0. The second-order valence-corrected chi connectivity index (χ2v) is 8.22. The monoisotopic (exact) mass is 421 g/mol. The molecule has 2 N–H and O–H groups in total. The first-order valence-electron chi connectivity index (χ1n) is 10.7. The number of aliphatic hydroxyl groups is 1. The first-order chi connectivity index (χ1) is 14.0. The molecule has 2 unspecified atom stereocenters. The Hall–Kier alpha value is -1.84. The summed E-state index contributed by atoms with van der Waals surface area (Å²) in [7, 11) is 0. The van der Waals surface area contributed by atoms with Crippen molar-refractivity contribution >= 4 is 23.2 Å². The van der Waals surface area contributed by atoms with Gasteiger partial charge in [0, 0.05) is 18.2 Å². The smallest absolute Gasteiger partial charge is 0.331 e. The largest absolute Gasteiger partial charge is 0.464 e. The van der Waals surface area contributed by atoms with Crippen LogP contribution >= 0.6 is 11.3 Å². The van der Waals surface area contributed by atoms with E-state index >= 15 is 0 Å². The lowest BCUT2D eigenvalue weighted by Crippen LogP contribution is -2.44. The van der Waals surface area contributed by atoms with Crippen molar-refractivity contribution in [1.29, 1.82) is 0 Å². The highest BCUT2D eigenvalue weighted by atomic mass is 32.1. The fourth-order valence-corrected chi connectivity index (χ4v) is 3.86. The van der Waals surface area contributed by atoms with Gasteiger partial charge in [0.2, 0.25) is 5.91 Å². The molecule has 1 aromatic heterocycles. The summed E-state index contributed by atoms with van der Waals surface area (Å²) in [6.45, 7) is 5.40. The molecule has 5 nitrogen and oxygen atoms in total. The van der Waals surface area contributed by atoms with Gasteiger partial charge in [-0.3, -0.25) is 4.79 Å². The highest BCUT2D eigenvalue weighted by Gasteiger charge is 2.31. The Morgan fingerprint density at radius 3 is 2.38 bits per heavy atom. The van der Waals surface area contributed by atoms with E-state index in [-0.39, 0.29) is 6.61 Å². The summed E-state index contributed by atoms with van der Waals surface area (Å²) in [6.07, 6.45) is 9.93. The van der Waals surface area contributed by atoms with Gasteiger partial charge < -0.3 is 15.2 Å². The minimum Gasteiger partial charge on any atom is -0.464 e. The maximum absolute atomic E-state index is 12.1. The first-order valence-corrected chi connectivity index (χ1v) is 11.5. The second kappa shape index (κ2) is 15.1. The molecule has 0 bridgehead atoms. The van der Waals surface area contributed by atoms with E-state index in [4.69, 9.17) is 4.74 Å². The van der Waals surface area contributed by atoms with Gasteiger partial charge in [-0.2, -0.15) is 0 Å². The minimum atomic E-state index is -1.16. The Morgan fingerprint density at radius 1 is 1.10 bits per heavy atom. The van der Waals surface area contributed by atoms with Crippen molar-refractivity contribution in [2.75, 3.05) is 6.61 Å². The average molecular weight is 422 g/mol. The molecule has 0 saturated carbocycles. The molecule has 0 aliphatic carbocycles. The molecule has 0 aromatic carbocycles. The number of ether oxygens (including phenoxy) is 1. The Kier molecular flexibility index (Phi) is 13.1. The molecular weight excluding hydrogens is 386 g/mol. The van der Waals surface area contributed by atoms with Gasteiger partial charge in [0.25, 0.3) is 0 Å². The normalized spacial score (nSPS) is 12.6. The molecule has 1 amide bonds. The van der Waals surface area contributed by atoms with Crippen LogP contribution in [0.3, 0.4) is 0 Å². The van der Waals surface area contributed by atoms with Crippen molar-refractivity contribution in [3.8, 4) is 11.8 Å².